The van der Waals surface area contributed by atoms with Crippen molar-refractivity contribution in [2.75, 3.05) is 19.8 Å². The first-order chi connectivity index (χ1) is 16.6. The van der Waals surface area contributed by atoms with E-state index in [1.807, 2.05) is 44.2 Å². The number of ether oxygens (including phenoxy) is 2. The molecule has 0 radical (unpaired) electrons. The molecular formula is C27H35N3O4. The van der Waals surface area contributed by atoms with Crippen molar-refractivity contribution in [3.05, 3.63) is 59.2 Å². The highest BCUT2D eigenvalue weighted by atomic mass is 16.5. The largest absolute Gasteiger partial charge is 0.493 e. The maximum Gasteiger partial charge on any atom is 0.255 e. The van der Waals surface area contributed by atoms with Gasteiger partial charge in [-0.3, -0.25) is 9.59 Å². The summed E-state index contributed by atoms with van der Waals surface area (Å²) in [7, 11) is 0. The van der Waals surface area contributed by atoms with Crippen LogP contribution < -0.4 is 20.1 Å². The normalized spacial score (nSPS) is 16.2. The van der Waals surface area contributed by atoms with E-state index in [0.29, 0.717) is 37.5 Å². The SMILES string of the molecule is CC.Cc1cc2ccc1OCCCCOc1ccccc1C(=O)NCC2.N#CC1(NC=O)CC1. The Morgan fingerprint density at radius 3 is 2.32 bits per heavy atom. The van der Waals surface area contributed by atoms with Crippen LogP contribution in [0.1, 0.15) is 61.0 Å². The van der Waals surface area contributed by atoms with E-state index in [1.54, 1.807) is 6.07 Å². The first kappa shape index (κ1) is 26.7. The van der Waals surface area contributed by atoms with Crippen molar-refractivity contribution in [3.8, 4) is 17.6 Å². The van der Waals surface area contributed by atoms with E-state index in [2.05, 4.69) is 29.7 Å². The third kappa shape index (κ3) is 8.11. The zero-order valence-electron chi connectivity index (χ0n) is 20.4. The Hall–Kier alpha value is -3.53. The summed E-state index contributed by atoms with van der Waals surface area (Å²) in [5.74, 6) is 1.48. The van der Waals surface area contributed by atoms with Gasteiger partial charge >= 0.3 is 0 Å². The van der Waals surface area contributed by atoms with Crippen LogP contribution in [0.2, 0.25) is 0 Å². The minimum Gasteiger partial charge on any atom is -0.493 e. The summed E-state index contributed by atoms with van der Waals surface area (Å²) in [6.07, 6.45) is 4.78. The fraction of sp³-hybridized carbons (Fsp3) is 0.444. The number of amides is 2. The molecule has 2 aromatic rings. The zero-order chi connectivity index (χ0) is 24.8. The number of para-hydroxylation sites is 1. The van der Waals surface area contributed by atoms with Crippen LogP contribution in [0.5, 0.6) is 11.5 Å². The highest BCUT2D eigenvalue weighted by Crippen LogP contribution is 2.33. The number of rotatable bonds is 2. The number of nitrogens with one attached hydrogen (secondary N) is 2. The Balaban J connectivity index is 0.000000343. The van der Waals surface area contributed by atoms with Crippen molar-refractivity contribution >= 4 is 12.3 Å². The Morgan fingerprint density at radius 1 is 1.06 bits per heavy atom. The summed E-state index contributed by atoms with van der Waals surface area (Å²) in [5, 5.41) is 13.7. The van der Waals surface area contributed by atoms with E-state index >= 15 is 0 Å². The highest BCUT2D eigenvalue weighted by Gasteiger charge is 2.42. The standard InChI is InChI=1S/C20H23NO3.C5H6N2O.C2H6/c1-15-14-16-8-9-18(15)23-12-4-5-13-24-19-7-3-2-6-17(19)20(22)21-11-10-16;6-3-5(1-2-5)7-4-8;1-2/h2-3,6-9,14H,4-5,10-13H2,1H3,(H,21,22);4H,1-2H2,(H,7,8);1-2H3. The highest BCUT2D eigenvalue weighted by molar-refractivity contribution is 5.96. The van der Waals surface area contributed by atoms with Crippen LogP contribution in [-0.4, -0.2) is 37.6 Å². The lowest BCUT2D eigenvalue weighted by Crippen LogP contribution is -2.27. The van der Waals surface area contributed by atoms with Gasteiger partial charge in [0, 0.05) is 6.54 Å². The van der Waals surface area contributed by atoms with Gasteiger partial charge in [-0.05, 0) is 68.4 Å². The maximum atomic E-state index is 12.4. The topological polar surface area (TPSA) is 100 Å². The molecule has 0 atom stereocenters. The van der Waals surface area contributed by atoms with E-state index in [-0.39, 0.29) is 5.91 Å². The second-order valence-electron chi connectivity index (χ2n) is 7.96. The van der Waals surface area contributed by atoms with Gasteiger partial charge in [-0.15, -0.1) is 0 Å². The summed E-state index contributed by atoms with van der Waals surface area (Å²) in [6, 6.07) is 15.6. The molecule has 2 heterocycles. The maximum absolute atomic E-state index is 12.4. The van der Waals surface area contributed by atoms with Crippen LogP contribution in [-0.2, 0) is 11.2 Å². The quantitative estimate of drug-likeness (QED) is 0.643. The molecule has 3 aliphatic rings. The smallest absolute Gasteiger partial charge is 0.255 e. The van der Waals surface area contributed by atoms with Crippen molar-refractivity contribution in [3.63, 3.8) is 0 Å². The molecule has 34 heavy (non-hydrogen) atoms. The molecule has 1 aliphatic carbocycles. The molecule has 0 saturated heterocycles. The third-order valence-corrected chi connectivity index (χ3v) is 5.42. The van der Waals surface area contributed by atoms with Crippen molar-refractivity contribution in [1.82, 2.24) is 10.6 Å². The lowest BCUT2D eigenvalue weighted by molar-refractivity contribution is -0.110. The number of nitriles is 1. The van der Waals surface area contributed by atoms with E-state index in [4.69, 9.17) is 14.7 Å². The second-order valence-corrected chi connectivity index (χ2v) is 7.96. The number of hydrogen-bond acceptors (Lipinski definition) is 5. The van der Waals surface area contributed by atoms with Crippen molar-refractivity contribution in [2.24, 2.45) is 0 Å². The molecule has 0 spiro atoms. The summed E-state index contributed by atoms with van der Waals surface area (Å²) >= 11 is 0. The number of aryl methyl sites for hydroxylation is 1. The fourth-order valence-electron chi connectivity index (χ4n) is 3.32. The molecule has 2 aromatic carbocycles. The van der Waals surface area contributed by atoms with Crippen LogP contribution in [0.15, 0.2) is 42.5 Å². The minimum absolute atomic E-state index is 0.0885. The zero-order valence-corrected chi connectivity index (χ0v) is 20.4. The molecule has 5 rings (SSSR count). The predicted molar refractivity (Wildman–Crippen MR) is 132 cm³/mol. The second kappa shape index (κ2) is 13.9. The first-order valence-electron chi connectivity index (χ1n) is 11.9. The molecule has 1 saturated carbocycles. The molecule has 2 amide bonds. The summed E-state index contributed by atoms with van der Waals surface area (Å²) in [6.45, 7) is 7.89. The molecule has 1 fully saturated rings. The Morgan fingerprint density at radius 2 is 1.74 bits per heavy atom. The summed E-state index contributed by atoms with van der Waals surface area (Å²) < 4.78 is 11.6. The van der Waals surface area contributed by atoms with Crippen LogP contribution in [0.3, 0.4) is 0 Å². The van der Waals surface area contributed by atoms with Crippen molar-refractivity contribution in [2.45, 2.75) is 58.4 Å². The molecular weight excluding hydrogens is 430 g/mol. The predicted octanol–water partition coefficient (Wildman–Crippen LogP) is 4.33. The van der Waals surface area contributed by atoms with E-state index < -0.39 is 5.54 Å². The van der Waals surface area contributed by atoms with Gasteiger partial charge in [0.05, 0.1) is 24.8 Å². The lowest BCUT2D eigenvalue weighted by atomic mass is 10.1. The van der Waals surface area contributed by atoms with Crippen LogP contribution in [0.4, 0.5) is 0 Å². The molecule has 7 nitrogen and oxygen atoms in total. The number of carbonyl (C=O) groups excluding carboxylic acids is 2. The van der Waals surface area contributed by atoms with Gasteiger partial charge in [0.2, 0.25) is 6.41 Å². The number of fused-ring (bicyclic) bond motifs is 10. The lowest BCUT2D eigenvalue weighted by Gasteiger charge is -2.14. The van der Waals surface area contributed by atoms with Gasteiger partial charge in [0.25, 0.3) is 5.91 Å². The molecule has 7 heteroatoms. The molecule has 2 aliphatic heterocycles. The number of hydrogen-bond donors (Lipinski definition) is 2. The van der Waals surface area contributed by atoms with Crippen LogP contribution >= 0.6 is 0 Å². The van der Waals surface area contributed by atoms with E-state index in [1.165, 1.54) is 5.56 Å². The van der Waals surface area contributed by atoms with Crippen molar-refractivity contribution < 1.29 is 19.1 Å². The molecule has 2 bridgehead atoms. The van der Waals surface area contributed by atoms with Gasteiger partial charge in [-0.1, -0.05) is 38.1 Å². The Bertz CT molecular complexity index is 980. The van der Waals surface area contributed by atoms with Crippen LogP contribution in [0.25, 0.3) is 0 Å². The average molecular weight is 466 g/mol. The van der Waals surface area contributed by atoms with E-state index in [0.717, 1.165) is 43.4 Å². The van der Waals surface area contributed by atoms with Gasteiger partial charge in [0.15, 0.2) is 0 Å². The minimum atomic E-state index is -0.470. The Labute approximate surface area is 202 Å². The molecule has 0 unspecified atom stereocenters. The first-order valence-corrected chi connectivity index (χ1v) is 11.9. The summed E-state index contributed by atoms with van der Waals surface area (Å²) in [5.41, 5.74) is 2.44. The average Bonchev–Trinajstić information content (AvgIpc) is 3.64. The molecule has 2 N–H and O–H groups in total. The summed E-state index contributed by atoms with van der Waals surface area (Å²) in [4.78, 5) is 22.2. The molecule has 182 valence electrons. The van der Waals surface area contributed by atoms with Gasteiger partial charge in [0.1, 0.15) is 17.0 Å². The number of nitrogens with zero attached hydrogens (tertiary/aromatic N) is 1. The molecule has 0 aromatic heterocycles. The van der Waals surface area contributed by atoms with Gasteiger partial charge in [-0.25, -0.2) is 0 Å². The monoisotopic (exact) mass is 465 g/mol. The fourth-order valence-corrected chi connectivity index (χ4v) is 3.32. The number of carbonyl (C=O) groups is 2. The van der Waals surface area contributed by atoms with E-state index in [9.17, 15) is 9.59 Å². The van der Waals surface area contributed by atoms with Crippen LogP contribution in [0, 0.1) is 18.3 Å². The van der Waals surface area contributed by atoms with Crippen molar-refractivity contribution in [1.29, 1.82) is 5.26 Å². The third-order valence-electron chi connectivity index (χ3n) is 5.42. The Kier molecular flexibility index (Phi) is 10.9. The van der Waals surface area contributed by atoms with Gasteiger partial charge < -0.3 is 20.1 Å². The number of benzene rings is 2. The van der Waals surface area contributed by atoms with Gasteiger partial charge in [-0.2, -0.15) is 5.26 Å².